The van der Waals surface area contributed by atoms with Crippen LogP contribution in [0.25, 0.3) is 0 Å². The highest BCUT2D eigenvalue weighted by Crippen LogP contribution is 2.13. The highest BCUT2D eigenvalue weighted by molar-refractivity contribution is 7.71. The third-order valence-electron chi connectivity index (χ3n) is 2.34. The number of hydrogen-bond acceptors (Lipinski definition) is 3. The Morgan fingerprint density at radius 2 is 2.06 bits per heavy atom. The second kappa shape index (κ2) is 4.49. The van der Waals surface area contributed by atoms with Gasteiger partial charge in [0.05, 0.1) is 7.11 Å². The Bertz CT molecular complexity index is 527. The molecule has 0 fully saturated rings. The third-order valence-corrected chi connectivity index (χ3v) is 2.71. The van der Waals surface area contributed by atoms with E-state index in [4.69, 9.17) is 17.0 Å². The van der Waals surface area contributed by atoms with E-state index in [0.29, 0.717) is 4.77 Å². The van der Waals surface area contributed by atoms with Crippen LogP contribution in [0.2, 0.25) is 0 Å². The van der Waals surface area contributed by atoms with Crippen molar-refractivity contribution in [2.75, 3.05) is 7.11 Å². The van der Waals surface area contributed by atoms with Crippen molar-refractivity contribution in [2.24, 2.45) is 7.05 Å². The van der Waals surface area contributed by atoms with Gasteiger partial charge >= 0.3 is 0 Å². The Kier molecular flexibility index (Phi) is 3.05. The minimum absolute atomic E-state index is 0.573. The van der Waals surface area contributed by atoms with Gasteiger partial charge in [-0.05, 0) is 29.9 Å². The molecule has 2 aromatic rings. The molecule has 0 unspecified atom stereocenters. The Morgan fingerprint density at radius 1 is 1.38 bits per heavy atom. The summed E-state index contributed by atoms with van der Waals surface area (Å²) in [6, 6.07) is 7.91. The fraction of sp³-hybridized carbons (Fsp3) is 0.273. The first-order valence-electron chi connectivity index (χ1n) is 4.94. The molecule has 2 rings (SSSR count). The van der Waals surface area contributed by atoms with Crippen molar-refractivity contribution in [3.05, 3.63) is 40.4 Å². The molecule has 0 saturated carbocycles. The molecule has 0 aliphatic carbocycles. The van der Waals surface area contributed by atoms with Gasteiger partial charge in [-0.1, -0.05) is 12.1 Å². The number of H-pyrrole nitrogens is 1. The second-order valence-corrected chi connectivity index (χ2v) is 3.90. The first kappa shape index (κ1) is 10.9. The van der Waals surface area contributed by atoms with Crippen LogP contribution in [0.4, 0.5) is 0 Å². The number of aromatic amines is 1. The molecular formula is C11H13N3OS. The largest absolute Gasteiger partial charge is 0.497 e. The number of aryl methyl sites for hydroxylation is 1. The average Bonchev–Trinajstić information content (AvgIpc) is 2.59. The molecule has 1 aromatic carbocycles. The lowest BCUT2D eigenvalue weighted by Gasteiger charge is -2.01. The van der Waals surface area contributed by atoms with Gasteiger partial charge in [0.2, 0.25) is 4.77 Å². The van der Waals surface area contributed by atoms with Gasteiger partial charge in [-0.2, -0.15) is 0 Å². The van der Waals surface area contributed by atoms with Crippen molar-refractivity contribution >= 4 is 12.2 Å². The summed E-state index contributed by atoms with van der Waals surface area (Å²) >= 11 is 5.03. The molecule has 0 radical (unpaired) electrons. The number of aromatic nitrogens is 3. The molecule has 0 bridgehead atoms. The van der Waals surface area contributed by atoms with Crippen LogP contribution in [-0.2, 0) is 13.5 Å². The molecule has 5 heteroatoms. The molecule has 0 atom stereocenters. The maximum atomic E-state index is 5.10. The summed E-state index contributed by atoms with van der Waals surface area (Å²) < 4.78 is 7.40. The Hall–Kier alpha value is -1.62. The molecule has 84 valence electrons. The lowest BCUT2D eigenvalue weighted by Crippen LogP contribution is -1.94. The van der Waals surface area contributed by atoms with Gasteiger partial charge in [0, 0.05) is 13.5 Å². The normalized spacial score (nSPS) is 10.4. The van der Waals surface area contributed by atoms with E-state index in [9.17, 15) is 0 Å². The molecular weight excluding hydrogens is 222 g/mol. The van der Waals surface area contributed by atoms with E-state index in [2.05, 4.69) is 10.1 Å². The van der Waals surface area contributed by atoms with Crippen LogP contribution in [0.1, 0.15) is 11.4 Å². The number of rotatable bonds is 3. The topological polar surface area (TPSA) is 42.8 Å². The van der Waals surface area contributed by atoms with Crippen molar-refractivity contribution in [1.82, 2.24) is 14.8 Å². The quantitative estimate of drug-likeness (QED) is 0.828. The molecule has 0 amide bonds. The predicted octanol–water partition coefficient (Wildman–Crippen LogP) is 2.08. The van der Waals surface area contributed by atoms with Crippen LogP contribution in [0.3, 0.4) is 0 Å². The lowest BCUT2D eigenvalue weighted by molar-refractivity contribution is 0.414. The summed E-state index contributed by atoms with van der Waals surface area (Å²) in [4.78, 5) is 4.24. The highest BCUT2D eigenvalue weighted by atomic mass is 32.1. The number of nitrogens with one attached hydrogen (secondary N) is 1. The van der Waals surface area contributed by atoms with E-state index in [0.717, 1.165) is 18.0 Å². The fourth-order valence-corrected chi connectivity index (χ4v) is 1.63. The molecule has 1 heterocycles. The van der Waals surface area contributed by atoms with Gasteiger partial charge < -0.3 is 4.74 Å². The van der Waals surface area contributed by atoms with Crippen molar-refractivity contribution in [3.8, 4) is 5.75 Å². The zero-order chi connectivity index (χ0) is 11.5. The number of nitrogens with zero attached hydrogens (tertiary/aromatic N) is 2. The molecule has 0 spiro atoms. The lowest BCUT2D eigenvalue weighted by atomic mass is 10.1. The number of hydrogen-bond donors (Lipinski definition) is 1. The standard InChI is InChI=1S/C11H13N3OS/c1-14-11(16)12-10(13-14)7-8-3-5-9(15-2)6-4-8/h3-6H,7H2,1-2H3,(H,12,13,16). The van der Waals surface area contributed by atoms with Crippen molar-refractivity contribution < 1.29 is 4.74 Å². The van der Waals surface area contributed by atoms with Gasteiger partial charge in [-0.3, -0.25) is 9.78 Å². The first-order chi connectivity index (χ1) is 7.69. The monoisotopic (exact) mass is 235 g/mol. The summed E-state index contributed by atoms with van der Waals surface area (Å²) in [6.07, 6.45) is 0.745. The van der Waals surface area contributed by atoms with E-state index in [1.54, 1.807) is 11.8 Å². The van der Waals surface area contributed by atoms with E-state index in [1.807, 2.05) is 31.3 Å². The molecule has 16 heavy (non-hydrogen) atoms. The predicted molar refractivity (Wildman–Crippen MR) is 64.2 cm³/mol. The van der Waals surface area contributed by atoms with E-state index >= 15 is 0 Å². The van der Waals surface area contributed by atoms with E-state index in [1.165, 1.54) is 5.56 Å². The van der Waals surface area contributed by atoms with Crippen LogP contribution in [0.5, 0.6) is 5.75 Å². The Morgan fingerprint density at radius 3 is 2.56 bits per heavy atom. The molecule has 1 N–H and O–H groups in total. The summed E-state index contributed by atoms with van der Waals surface area (Å²) in [6.45, 7) is 0. The minimum atomic E-state index is 0.573. The van der Waals surface area contributed by atoms with Crippen LogP contribution in [0.15, 0.2) is 24.3 Å². The Labute approximate surface area is 98.9 Å². The molecule has 0 aliphatic rings. The summed E-state index contributed by atoms with van der Waals surface area (Å²) in [7, 11) is 3.51. The fourth-order valence-electron chi connectivity index (χ4n) is 1.47. The van der Waals surface area contributed by atoms with Crippen molar-refractivity contribution in [1.29, 1.82) is 0 Å². The van der Waals surface area contributed by atoms with Gasteiger partial charge in [-0.15, -0.1) is 0 Å². The highest BCUT2D eigenvalue weighted by Gasteiger charge is 2.01. The number of ether oxygens (including phenoxy) is 1. The number of benzene rings is 1. The van der Waals surface area contributed by atoms with Gasteiger partial charge in [0.1, 0.15) is 11.6 Å². The molecule has 1 aromatic heterocycles. The van der Waals surface area contributed by atoms with Crippen LogP contribution in [0, 0.1) is 4.77 Å². The zero-order valence-electron chi connectivity index (χ0n) is 9.23. The molecule has 0 aliphatic heterocycles. The minimum Gasteiger partial charge on any atom is -0.497 e. The second-order valence-electron chi connectivity index (χ2n) is 3.54. The van der Waals surface area contributed by atoms with Crippen LogP contribution >= 0.6 is 12.2 Å². The first-order valence-corrected chi connectivity index (χ1v) is 5.34. The van der Waals surface area contributed by atoms with Gasteiger partial charge in [0.15, 0.2) is 0 Å². The van der Waals surface area contributed by atoms with Crippen LogP contribution in [-0.4, -0.2) is 21.9 Å². The van der Waals surface area contributed by atoms with Gasteiger partial charge in [-0.25, -0.2) is 4.98 Å². The zero-order valence-corrected chi connectivity index (χ0v) is 10.0. The summed E-state index contributed by atoms with van der Waals surface area (Å²) in [5.74, 6) is 1.73. The molecule has 0 saturated heterocycles. The summed E-state index contributed by atoms with van der Waals surface area (Å²) in [5, 5.41) is 3.09. The van der Waals surface area contributed by atoms with Crippen molar-refractivity contribution in [3.63, 3.8) is 0 Å². The van der Waals surface area contributed by atoms with Crippen molar-refractivity contribution in [2.45, 2.75) is 6.42 Å². The third kappa shape index (κ3) is 2.30. The van der Waals surface area contributed by atoms with Gasteiger partial charge in [0.25, 0.3) is 0 Å². The number of methoxy groups -OCH3 is 1. The average molecular weight is 235 g/mol. The maximum Gasteiger partial charge on any atom is 0.215 e. The van der Waals surface area contributed by atoms with E-state index < -0.39 is 0 Å². The smallest absolute Gasteiger partial charge is 0.215 e. The van der Waals surface area contributed by atoms with E-state index in [-0.39, 0.29) is 0 Å². The SMILES string of the molecule is COc1ccc(Cc2nc(=S)n(C)[nH]2)cc1. The molecule has 4 nitrogen and oxygen atoms in total. The maximum absolute atomic E-state index is 5.10. The van der Waals surface area contributed by atoms with Crippen LogP contribution < -0.4 is 4.74 Å². The summed E-state index contributed by atoms with van der Waals surface area (Å²) in [5.41, 5.74) is 1.17. The Balaban J connectivity index is 2.17.